The lowest BCUT2D eigenvalue weighted by Gasteiger charge is -2.39. The van der Waals surface area contributed by atoms with Crippen molar-refractivity contribution in [2.75, 3.05) is 7.11 Å². The van der Waals surface area contributed by atoms with Crippen LogP contribution in [0.2, 0.25) is 0 Å². The van der Waals surface area contributed by atoms with Gasteiger partial charge in [0.05, 0.1) is 18.6 Å². The van der Waals surface area contributed by atoms with Crippen LogP contribution in [0.25, 0.3) is 0 Å². The number of esters is 1. The van der Waals surface area contributed by atoms with E-state index >= 15 is 0 Å². The SMILES string of the molecule is COC(=O)C1=C(N)NC2=C(C(=O)CC(C)(C)C2)C1c1cccc(Br)c1. The fraction of sp³-hybridized carbons (Fsp3) is 0.368. The number of ether oxygens (including phenoxy) is 1. The third kappa shape index (κ3) is 3.23. The average molecular weight is 405 g/mol. The fourth-order valence-electron chi connectivity index (χ4n) is 3.67. The van der Waals surface area contributed by atoms with E-state index in [-0.39, 0.29) is 22.6 Å². The molecule has 1 aromatic rings. The van der Waals surface area contributed by atoms with Crippen molar-refractivity contribution in [1.29, 1.82) is 0 Å². The Hall–Kier alpha value is -2.08. The van der Waals surface area contributed by atoms with Crippen molar-refractivity contribution in [3.05, 3.63) is 57.0 Å². The molecular formula is C19H21BrN2O3. The second-order valence-electron chi connectivity index (χ2n) is 7.27. The number of rotatable bonds is 2. The van der Waals surface area contributed by atoms with Crippen molar-refractivity contribution in [1.82, 2.24) is 5.32 Å². The molecule has 0 fully saturated rings. The molecule has 1 aromatic carbocycles. The van der Waals surface area contributed by atoms with Crippen LogP contribution in [0.5, 0.6) is 0 Å². The number of nitrogens with one attached hydrogen (secondary N) is 1. The number of benzene rings is 1. The number of Topliss-reactive ketones (excluding diaryl/α,β-unsaturated/α-hetero) is 1. The highest BCUT2D eigenvalue weighted by Gasteiger charge is 2.43. The summed E-state index contributed by atoms with van der Waals surface area (Å²) < 4.78 is 5.81. The summed E-state index contributed by atoms with van der Waals surface area (Å²) in [6, 6.07) is 7.58. The Kier molecular flexibility index (Phi) is 4.49. The molecule has 3 rings (SSSR count). The van der Waals surface area contributed by atoms with Crippen molar-refractivity contribution in [2.45, 2.75) is 32.6 Å². The summed E-state index contributed by atoms with van der Waals surface area (Å²) in [4.78, 5) is 25.4. The minimum absolute atomic E-state index is 0.0395. The van der Waals surface area contributed by atoms with Gasteiger partial charge in [-0.15, -0.1) is 0 Å². The van der Waals surface area contributed by atoms with Crippen LogP contribution in [0.4, 0.5) is 0 Å². The summed E-state index contributed by atoms with van der Waals surface area (Å²) in [7, 11) is 1.32. The minimum atomic E-state index is -0.529. The van der Waals surface area contributed by atoms with Crippen LogP contribution in [0.3, 0.4) is 0 Å². The van der Waals surface area contributed by atoms with E-state index in [0.717, 1.165) is 15.7 Å². The van der Waals surface area contributed by atoms with Gasteiger partial charge in [0.25, 0.3) is 0 Å². The van der Waals surface area contributed by atoms with E-state index < -0.39 is 11.9 Å². The first-order chi connectivity index (χ1) is 11.7. The van der Waals surface area contributed by atoms with Gasteiger partial charge in [-0.2, -0.15) is 0 Å². The molecule has 1 unspecified atom stereocenters. The van der Waals surface area contributed by atoms with E-state index in [2.05, 4.69) is 35.1 Å². The molecule has 0 saturated carbocycles. The summed E-state index contributed by atoms with van der Waals surface area (Å²) in [6.07, 6.45) is 1.14. The van der Waals surface area contributed by atoms with Crippen LogP contribution in [0.1, 0.15) is 38.2 Å². The van der Waals surface area contributed by atoms with Crippen LogP contribution in [-0.4, -0.2) is 18.9 Å². The van der Waals surface area contributed by atoms with Gasteiger partial charge in [0.2, 0.25) is 0 Å². The minimum Gasteiger partial charge on any atom is -0.466 e. The van der Waals surface area contributed by atoms with Gasteiger partial charge in [-0.3, -0.25) is 4.79 Å². The Balaban J connectivity index is 2.21. The molecule has 1 atom stereocenters. The molecule has 0 aromatic heterocycles. The van der Waals surface area contributed by atoms with Crippen molar-refractivity contribution >= 4 is 27.7 Å². The van der Waals surface area contributed by atoms with Crippen molar-refractivity contribution in [2.24, 2.45) is 11.1 Å². The third-order valence-corrected chi connectivity index (χ3v) is 5.15. The lowest BCUT2D eigenvalue weighted by Crippen LogP contribution is -2.41. The van der Waals surface area contributed by atoms with E-state index in [9.17, 15) is 9.59 Å². The van der Waals surface area contributed by atoms with Gasteiger partial charge in [-0.25, -0.2) is 4.79 Å². The summed E-state index contributed by atoms with van der Waals surface area (Å²) >= 11 is 3.46. The van der Waals surface area contributed by atoms with Crippen LogP contribution in [0, 0.1) is 5.41 Å². The number of hydrogen-bond acceptors (Lipinski definition) is 5. The molecule has 132 valence electrons. The molecule has 0 spiro atoms. The predicted octanol–water partition coefficient (Wildman–Crippen LogP) is 3.12. The van der Waals surface area contributed by atoms with Crippen LogP contribution < -0.4 is 11.1 Å². The Labute approximate surface area is 155 Å². The number of halogens is 1. The molecule has 1 aliphatic heterocycles. The van der Waals surface area contributed by atoms with Crippen LogP contribution in [-0.2, 0) is 14.3 Å². The highest BCUT2D eigenvalue weighted by Crippen LogP contribution is 2.46. The van der Waals surface area contributed by atoms with Crippen molar-refractivity contribution < 1.29 is 14.3 Å². The number of hydrogen-bond donors (Lipinski definition) is 2. The number of carbonyl (C=O) groups is 2. The van der Waals surface area contributed by atoms with Gasteiger partial charge in [-0.05, 0) is 29.5 Å². The van der Waals surface area contributed by atoms with E-state index in [1.807, 2.05) is 24.3 Å². The van der Waals surface area contributed by atoms with Gasteiger partial charge >= 0.3 is 5.97 Å². The maximum atomic E-state index is 13.0. The number of allylic oxidation sites excluding steroid dienone is 2. The first-order valence-corrected chi connectivity index (χ1v) is 8.89. The summed E-state index contributed by atoms with van der Waals surface area (Å²) in [5, 5.41) is 3.09. The molecule has 1 aliphatic carbocycles. The maximum Gasteiger partial charge on any atom is 0.338 e. The Bertz CT molecular complexity index is 824. The first-order valence-electron chi connectivity index (χ1n) is 8.10. The topological polar surface area (TPSA) is 81.4 Å². The Morgan fingerprint density at radius 3 is 2.72 bits per heavy atom. The molecule has 5 nitrogen and oxygen atoms in total. The summed E-state index contributed by atoms with van der Waals surface area (Å²) in [5.74, 6) is -0.761. The average Bonchev–Trinajstić information content (AvgIpc) is 2.51. The number of dihydropyridines is 1. The van der Waals surface area contributed by atoms with Crippen molar-refractivity contribution in [3.63, 3.8) is 0 Å². The Morgan fingerprint density at radius 2 is 2.08 bits per heavy atom. The smallest absolute Gasteiger partial charge is 0.338 e. The van der Waals surface area contributed by atoms with Crippen molar-refractivity contribution in [3.8, 4) is 0 Å². The van der Waals surface area contributed by atoms with Crippen LogP contribution in [0.15, 0.2) is 51.4 Å². The highest BCUT2D eigenvalue weighted by molar-refractivity contribution is 9.10. The number of carbonyl (C=O) groups excluding carboxylic acids is 2. The molecule has 0 saturated heterocycles. The molecule has 0 radical (unpaired) electrons. The van der Waals surface area contributed by atoms with Gasteiger partial charge in [-0.1, -0.05) is 41.9 Å². The van der Waals surface area contributed by atoms with E-state index in [1.54, 1.807) is 0 Å². The van der Waals surface area contributed by atoms with Gasteiger partial charge in [0.15, 0.2) is 5.78 Å². The Morgan fingerprint density at radius 1 is 1.36 bits per heavy atom. The molecule has 0 bridgehead atoms. The van der Waals surface area contributed by atoms with Crippen LogP contribution >= 0.6 is 15.9 Å². The van der Waals surface area contributed by atoms with Gasteiger partial charge in [0.1, 0.15) is 5.82 Å². The van der Waals surface area contributed by atoms with Gasteiger partial charge in [0, 0.05) is 22.2 Å². The quantitative estimate of drug-likeness (QED) is 0.739. The molecule has 25 heavy (non-hydrogen) atoms. The zero-order chi connectivity index (χ0) is 18.4. The monoisotopic (exact) mass is 404 g/mol. The normalized spacial score (nSPS) is 22.4. The zero-order valence-corrected chi connectivity index (χ0v) is 16.1. The number of ketones is 1. The molecule has 0 amide bonds. The lowest BCUT2D eigenvalue weighted by atomic mass is 9.69. The largest absolute Gasteiger partial charge is 0.466 e. The van der Waals surface area contributed by atoms with E-state index in [4.69, 9.17) is 10.5 Å². The standard InChI is InChI=1S/C19H21BrN2O3/c1-19(2)8-12-15(13(23)9-19)14(10-5-4-6-11(20)7-10)16(17(21)22-12)18(24)25-3/h4-7,14,22H,8-9,21H2,1-3H3. The molecular weight excluding hydrogens is 384 g/mol. The van der Waals surface area contributed by atoms with Gasteiger partial charge < -0.3 is 15.8 Å². The number of nitrogens with two attached hydrogens (primary N) is 1. The zero-order valence-electron chi connectivity index (χ0n) is 14.5. The molecule has 3 N–H and O–H groups in total. The second kappa shape index (κ2) is 6.33. The predicted molar refractivity (Wildman–Crippen MR) is 98.3 cm³/mol. The van der Waals surface area contributed by atoms with E-state index in [1.165, 1.54) is 7.11 Å². The highest BCUT2D eigenvalue weighted by atomic mass is 79.9. The summed E-state index contributed by atoms with van der Waals surface area (Å²) in [5.41, 5.74) is 8.57. The number of methoxy groups -OCH3 is 1. The third-order valence-electron chi connectivity index (χ3n) is 4.66. The van der Waals surface area contributed by atoms with E-state index in [0.29, 0.717) is 18.4 Å². The first kappa shape index (κ1) is 17.7. The lowest BCUT2D eigenvalue weighted by molar-refractivity contribution is -0.136. The maximum absolute atomic E-state index is 13.0. The molecule has 2 aliphatic rings. The molecule has 6 heteroatoms. The fourth-order valence-corrected chi connectivity index (χ4v) is 4.09. The molecule has 1 heterocycles. The summed E-state index contributed by atoms with van der Waals surface area (Å²) in [6.45, 7) is 4.11. The second-order valence-corrected chi connectivity index (χ2v) is 8.18.